The number of carbonyl (C=O) groups is 2. The number of hydrogen-bond donors (Lipinski definition) is 3. The molecule has 7 nitrogen and oxygen atoms in total. The van der Waals surface area contributed by atoms with E-state index in [1.807, 2.05) is 52.0 Å². The van der Waals surface area contributed by atoms with Crippen LogP contribution in [0.1, 0.15) is 39.8 Å². The molecule has 4 N–H and O–H groups in total. The van der Waals surface area contributed by atoms with Crippen LogP contribution in [0.3, 0.4) is 0 Å². The largest absolute Gasteiger partial charge is 0.391 e. The average molecular weight is 431 g/mol. The monoisotopic (exact) mass is 430 g/mol. The van der Waals surface area contributed by atoms with Gasteiger partial charge in [0.15, 0.2) is 0 Å². The Morgan fingerprint density at radius 1 is 1.33 bits per heavy atom. The molecule has 0 radical (unpaired) electrons. The van der Waals surface area contributed by atoms with E-state index in [2.05, 4.69) is 10.3 Å². The lowest BCUT2D eigenvalue weighted by Gasteiger charge is -2.38. The Bertz CT molecular complexity index is 935. The highest BCUT2D eigenvalue weighted by atomic mass is 32.1. The Morgan fingerprint density at radius 2 is 1.97 bits per heavy atom. The van der Waals surface area contributed by atoms with Crippen molar-refractivity contribution in [2.45, 2.75) is 58.7 Å². The van der Waals surface area contributed by atoms with Gasteiger partial charge in [-0.05, 0) is 37.0 Å². The van der Waals surface area contributed by atoms with Crippen molar-refractivity contribution in [3.8, 4) is 10.4 Å². The minimum atomic E-state index is -1.17. The van der Waals surface area contributed by atoms with Crippen molar-refractivity contribution >= 4 is 28.8 Å². The number of likely N-dealkylation sites (tertiary alicyclic amines) is 1. The number of benzene rings is 1. The highest BCUT2D eigenvalue weighted by Crippen LogP contribution is 2.34. The summed E-state index contributed by atoms with van der Waals surface area (Å²) in [5.74, 6) is -0.664. The van der Waals surface area contributed by atoms with Gasteiger partial charge in [0.25, 0.3) is 0 Å². The molecule has 3 rings (SSSR count). The summed E-state index contributed by atoms with van der Waals surface area (Å²) in [6.45, 7) is 9.38. The van der Waals surface area contributed by atoms with Gasteiger partial charge >= 0.3 is 0 Å². The van der Waals surface area contributed by atoms with E-state index in [-0.39, 0.29) is 24.8 Å². The van der Waals surface area contributed by atoms with Crippen LogP contribution in [0.25, 0.3) is 10.4 Å². The van der Waals surface area contributed by atoms with E-state index in [0.29, 0.717) is 5.69 Å². The van der Waals surface area contributed by atoms with Gasteiger partial charge in [0.05, 0.1) is 28.2 Å². The number of aryl methyl sites for hydroxylation is 1. The zero-order valence-electron chi connectivity index (χ0n) is 18.1. The second-order valence-corrected chi connectivity index (χ2v) is 10.1. The summed E-state index contributed by atoms with van der Waals surface area (Å²) in [6.07, 6.45) is -0.604. The lowest BCUT2D eigenvalue weighted by Crippen LogP contribution is -2.59. The summed E-state index contributed by atoms with van der Waals surface area (Å²) in [5, 5.41) is 13.1. The first-order valence-electron chi connectivity index (χ1n) is 10.0. The molecule has 1 aromatic heterocycles. The van der Waals surface area contributed by atoms with E-state index in [4.69, 9.17) is 5.73 Å². The second-order valence-electron chi connectivity index (χ2n) is 9.22. The fraction of sp³-hybridized carbons (Fsp3) is 0.500. The van der Waals surface area contributed by atoms with Gasteiger partial charge in [-0.25, -0.2) is 4.98 Å². The smallest absolute Gasteiger partial charge is 0.250 e. The Kier molecular flexibility index (Phi) is 6.04. The molecule has 0 unspecified atom stereocenters. The molecule has 0 aliphatic carbocycles. The molecule has 1 aliphatic heterocycles. The van der Waals surface area contributed by atoms with Crippen molar-refractivity contribution in [2.24, 2.45) is 11.1 Å². The fourth-order valence-corrected chi connectivity index (χ4v) is 4.49. The van der Waals surface area contributed by atoms with Crippen molar-refractivity contribution in [1.82, 2.24) is 9.88 Å². The molecule has 1 aliphatic rings. The molecule has 3 atom stereocenters. The van der Waals surface area contributed by atoms with Gasteiger partial charge in [-0.2, -0.15) is 0 Å². The van der Waals surface area contributed by atoms with Crippen molar-refractivity contribution < 1.29 is 14.7 Å². The number of aliphatic hydroxyl groups is 1. The molecule has 2 aromatic rings. The van der Waals surface area contributed by atoms with E-state index >= 15 is 0 Å². The zero-order chi connectivity index (χ0) is 22.3. The molecule has 0 spiro atoms. The molecule has 1 aromatic carbocycles. The van der Waals surface area contributed by atoms with Crippen molar-refractivity contribution in [3.63, 3.8) is 0 Å². The summed E-state index contributed by atoms with van der Waals surface area (Å²) in [7, 11) is 0. The topological polar surface area (TPSA) is 109 Å². The van der Waals surface area contributed by atoms with Gasteiger partial charge in [-0.15, -0.1) is 11.3 Å². The number of carbonyl (C=O) groups excluding carboxylic acids is 2. The number of anilines is 1. The number of amides is 2. The van der Waals surface area contributed by atoms with Crippen LogP contribution >= 0.6 is 11.3 Å². The molecule has 1 saturated heterocycles. The predicted octanol–water partition coefficient (Wildman–Crippen LogP) is 2.78. The van der Waals surface area contributed by atoms with Crippen molar-refractivity contribution in [1.29, 1.82) is 0 Å². The van der Waals surface area contributed by atoms with E-state index in [1.54, 1.807) is 23.8 Å². The molecule has 0 saturated carbocycles. The number of β-amino-alcohol motifs (C(OH)–C–C–N with tert-alkyl or cyclic N) is 1. The molecule has 162 valence electrons. The number of hydrogen-bond acceptors (Lipinski definition) is 6. The fourth-order valence-electron chi connectivity index (χ4n) is 3.68. The number of rotatable bonds is 4. The van der Waals surface area contributed by atoms with Gasteiger partial charge in [0.1, 0.15) is 5.54 Å². The van der Waals surface area contributed by atoms with Gasteiger partial charge in [0.2, 0.25) is 11.8 Å². The average Bonchev–Trinajstić information content (AvgIpc) is 3.23. The van der Waals surface area contributed by atoms with Gasteiger partial charge in [0, 0.05) is 18.7 Å². The molecule has 30 heavy (non-hydrogen) atoms. The molecule has 1 fully saturated rings. The highest BCUT2D eigenvalue weighted by Gasteiger charge is 2.51. The number of nitrogens with zero attached hydrogens (tertiary/aromatic N) is 2. The summed E-state index contributed by atoms with van der Waals surface area (Å²) in [6, 6.07) is 6.75. The molecule has 2 heterocycles. The van der Waals surface area contributed by atoms with Gasteiger partial charge in [-0.1, -0.05) is 32.9 Å². The second kappa shape index (κ2) is 8.09. The third-order valence-electron chi connectivity index (χ3n) is 5.73. The number of aliphatic hydroxyl groups excluding tert-OH is 1. The lowest BCUT2D eigenvalue weighted by molar-refractivity contribution is -0.144. The normalized spacial score (nSPS) is 22.8. The summed E-state index contributed by atoms with van der Waals surface area (Å²) in [4.78, 5) is 33.0. The lowest BCUT2D eigenvalue weighted by atomic mass is 9.85. The van der Waals surface area contributed by atoms with E-state index < -0.39 is 23.1 Å². The molecule has 2 amide bonds. The number of thiazole rings is 1. The highest BCUT2D eigenvalue weighted by molar-refractivity contribution is 7.13. The maximum atomic E-state index is 13.2. The standard InChI is InChI=1S/C22H30N4O3S/c1-13-17(30-12-24-13)14-6-8-15(9-7-14)25-20(29)22(5)10-16(27)11-26(22)19(28)18(23)21(2,3)4/h6-9,12,16,18,27H,10-11,23H2,1-5H3,(H,25,29)/t16-,18-,22+/m1/s1. The van der Waals surface area contributed by atoms with E-state index in [9.17, 15) is 14.7 Å². The van der Waals surface area contributed by atoms with Crippen LogP contribution in [0.2, 0.25) is 0 Å². The number of aromatic nitrogens is 1. The van der Waals surface area contributed by atoms with Crippen LogP contribution in [0.4, 0.5) is 5.69 Å². The van der Waals surface area contributed by atoms with E-state index in [1.165, 1.54) is 4.90 Å². The zero-order valence-corrected chi connectivity index (χ0v) is 18.9. The van der Waals surface area contributed by atoms with Crippen LogP contribution in [-0.2, 0) is 9.59 Å². The first-order chi connectivity index (χ1) is 13.9. The summed E-state index contributed by atoms with van der Waals surface area (Å²) in [5.41, 5.74) is 8.96. The maximum absolute atomic E-state index is 13.2. The molecular weight excluding hydrogens is 400 g/mol. The first kappa shape index (κ1) is 22.4. The molecule has 8 heteroatoms. The molecular formula is C22H30N4O3S. The van der Waals surface area contributed by atoms with Crippen LogP contribution in [0.5, 0.6) is 0 Å². The minimum Gasteiger partial charge on any atom is -0.391 e. The van der Waals surface area contributed by atoms with Crippen molar-refractivity contribution in [2.75, 3.05) is 11.9 Å². The quantitative estimate of drug-likeness (QED) is 0.691. The van der Waals surface area contributed by atoms with Crippen LogP contribution in [0.15, 0.2) is 29.8 Å². The SMILES string of the molecule is Cc1ncsc1-c1ccc(NC(=O)[C@]2(C)C[C@@H](O)CN2C(=O)[C@@H](N)C(C)(C)C)cc1. The summed E-state index contributed by atoms with van der Waals surface area (Å²) >= 11 is 1.57. The number of nitrogens with two attached hydrogens (primary N) is 1. The van der Waals surface area contributed by atoms with Crippen LogP contribution < -0.4 is 11.1 Å². The summed E-state index contributed by atoms with van der Waals surface area (Å²) < 4.78 is 0. The van der Waals surface area contributed by atoms with Crippen LogP contribution in [0, 0.1) is 12.3 Å². The van der Waals surface area contributed by atoms with Gasteiger partial charge < -0.3 is 21.1 Å². The molecule has 0 bridgehead atoms. The minimum absolute atomic E-state index is 0.0934. The Morgan fingerprint density at radius 3 is 2.50 bits per heavy atom. The van der Waals surface area contributed by atoms with Crippen LogP contribution in [-0.4, -0.2) is 51.0 Å². The first-order valence-corrected chi connectivity index (χ1v) is 10.9. The van der Waals surface area contributed by atoms with Gasteiger partial charge in [-0.3, -0.25) is 9.59 Å². The maximum Gasteiger partial charge on any atom is 0.250 e. The Balaban J connectivity index is 1.78. The Hall–Kier alpha value is -2.29. The Labute approximate surface area is 181 Å². The third-order valence-corrected chi connectivity index (χ3v) is 6.70. The third kappa shape index (κ3) is 4.26. The van der Waals surface area contributed by atoms with E-state index in [0.717, 1.165) is 16.1 Å². The van der Waals surface area contributed by atoms with Crippen molar-refractivity contribution in [3.05, 3.63) is 35.5 Å². The predicted molar refractivity (Wildman–Crippen MR) is 119 cm³/mol. The number of nitrogens with one attached hydrogen (secondary N) is 1.